The maximum absolute atomic E-state index is 11.8. The summed E-state index contributed by atoms with van der Waals surface area (Å²) in [6, 6.07) is 0.312. The van der Waals surface area contributed by atoms with Crippen molar-refractivity contribution in [3.63, 3.8) is 0 Å². The molecule has 1 aliphatic carbocycles. The van der Waals surface area contributed by atoms with E-state index >= 15 is 0 Å². The highest BCUT2D eigenvalue weighted by Gasteiger charge is 2.17. The van der Waals surface area contributed by atoms with Gasteiger partial charge in [-0.15, -0.1) is 0 Å². The van der Waals surface area contributed by atoms with Crippen molar-refractivity contribution in [3.05, 3.63) is 17.8 Å². The second-order valence-corrected chi connectivity index (χ2v) is 4.41. The fraction of sp³-hybridized carbons (Fsp3) is 0.667. The molecule has 4 heteroatoms. The number of carbonyl (C=O) groups is 1. The largest absolute Gasteiger partial charge is 0.448 e. The zero-order valence-corrected chi connectivity index (χ0v) is 9.66. The van der Waals surface area contributed by atoms with Crippen LogP contribution in [0.3, 0.4) is 0 Å². The number of nitrogens with one attached hydrogen (secondary N) is 1. The fourth-order valence-corrected chi connectivity index (χ4v) is 2.15. The molecule has 88 valence electrons. The van der Waals surface area contributed by atoms with Crippen LogP contribution in [0.25, 0.3) is 0 Å². The van der Waals surface area contributed by atoms with Gasteiger partial charge in [0.2, 0.25) is 0 Å². The molecule has 4 nitrogen and oxygen atoms in total. The highest BCUT2D eigenvalue weighted by molar-refractivity contribution is 5.92. The van der Waals surface area contributed by atoms with Gasteiger partial charge in [0.15, 0.2) is 11.6 Å². The minimum atomic E-state index is -0.108. The first-order valence-electron chi connectivity index (χ1n) is 5.99. The van der Waals surface area contributed by atoms with Crippen molar-refractivity contribution < 1.29 is 9.21 Å². The van der Waals surface area contributed by atoms with Gasteiger partial charge in [0.25, 0.3) is 5.91 Å². The molecular weight excluding hydrogens is 204 g/mol. The molecule has 0 bridgehead atoms. The minimum absolute atomic E-state index is 0.108. The maximum atomic E-state index is 11.8. The summed E-state index contributed by atoms with van der Waals surface area (Å²) in [5.74, 6) is 0.426. The smallest absolute Gasteiger partial charge is 0.273 e. The lowest BCUT2D eigenvalue weighted by atomic mass is 10.1. The van der Waals surface area contributed by atoms with Crippen molar-refractivity contribution in [1.82, 2.24) is 10.3 Å². The Labute approximate surface area is 95.4 Å². The number of hydrogen-bond donors (Lipinski definition) is 1. The molecule has 1 heterocycles. The van der Waals surface area contributed by atoms with Crippen LogP contribution in [-0.4, -0.2) is 16.9 Å². The highest BCUT2D eigenvalue weighted by atomic mass is 16.3. The molecule has 1 aromatic rings. The molecule has 2 rings (SSSR count). The third kappa shape index (κ3) is 2.84. The molecule has 0 aromatic carbocycles. The minimum Gasteiger partial charge on any atom is -0.448 e. The Morgan fingerprint density at radius 2 is 2.06 bits per heavy atom. The van der Waals surface area contributed by atoms with Gasteiger partial charge < -0.3 is 9.73 Å². The van der Waals surface area contributed by atoms with E-state index in [4.69, 9.17) is 4.42 Å². The Morgan fingerprint density at radius 1 is 1.38 bits per heavy atom. The van der Waals surface area contributed by atoms with Gasteiger partial charge in [-0.1, -0.05) is 25.7 Å². The van der Waals surface area contributed by atoms with E-state index in [-0.39, 0.29) is 5.91 Å². The number of aryl methyl sites for hydroxylation is 1. The zero-order chi connectivity index (χ0) is 11.4. The van der Waals surface area contributed by atoms with Crippen molar-refractivity contribution in [2.24, 2.45) is 0 Å². The first-order chi connectivity index (χ1) is 7.75. The van der Waals surface area contributed by atoms with E-state index < -0.39 is 0 Å². The molecule has 1 amide bonds. The van der Waals surface area contributed by atoms with Crippen LogP contribution in [0.1, 0.15) is 54.9 Å². The van der Waals surface area contributed by atoms with Gasteiger partial charge in [0, 0.05) is 13.0 Å². The number of nitrogens with zero attached hydrogens (tertiary/aromatic N) is 1. The van der Waals surface area contributed by atoms with E-state index in [2.05, 4.69) is 10.3 Å². The quantitative estimate of drug-likeness (QED) is 0.782. The van der Waals surface area contributed by atoms with Crippen LogP contribution in [0.5, 0.6) is 0 Å². The second kappa shape index (κ2) is 5.14. The molecule has 0 spiro atoms. The lowest BCUT2D eigenvalue weighted by molar-refractivity contribution is 0.0928. The summed E-state index contributed by atoms with van der Waals surface area (Å²) in [5, 5.41) is 3.03. The molecular formula is C12H18N2O2. The van der Waals surface area contributed by atoms with Crippen LogP contribution in [0, 0.1) is 6.92 Å². The summed E-state index contributed by atoms with van der Waals surface area (Å²) in [7, 11) is 0. The summed E-state index contributed by atoms with van der Waals surface area (Å²) >= 11 is 0. The predicted molar refractivity (Wildman–Crippen MR) is 60.2 cm³/mol. The summed E-state index contributed by atoms with van der Waals surface area (Å²) in [5.41, 5.74) is 0.391. The molecule has 0 unspecified atom stereocenters. The molecule has 1 aromatic heterocycles. The van der Waals surface area contributed by atoms with Gasteiger partial charge in [-0.2, -0.15) is 0 Å². The molecule has 1 saturated carbocycles. The van der Waals surface area contributed by atoms with E-state index in [1.54, 1.807) is 6.92 Å². The fourth-order valence-electron chi connectivity index (χ4n) is 2.15. The number of hydrogen-bond acceptors (Lipinski definition) is 3. The van der Waals surface area contributed by atoms with Gasteiger partial charge in [0.05, 0.1) is 0 Å². The average molecular weight is 222 g/mol. The van der Waals surface area contributed by atoms with Crippen LogP contribution < -0.4 is 5.32 Å². The van der Waals surface area contributed by atoms with Gasteiger partial charge in [-0.25, -0.2) is 4.98 Å². The van der Waals surface area contributed by atoms with Crippen LogP contribution in [0.4, 0.5) is 0 Å². The molecule has 16 heavy (non-hydrogen) atoms. The molecule has 0 radical (unpaired) electrons. The van der Waals surface area contributed by atoms with Crippen LogP contribution in [0.2, 0.25) is 0 Å². The van der Waals surface area contributed by atoms with Crippen molar-refractivity contribution in [2.45, 2.75) is 51.5 Å². The summed E-state index contributed by atoms with van der Waals surface area (Å²) in [6.45, 7) is 1.74. The lowest BCUT2D eigenvalue weighted by Crippen LogP contribution is -2.34. The van der Waals surface area contributed by atoms with Gasteiger partial charge in [-0.3, -0.25) is 4.79 Å². The van der Waals surface area contributed by atoms with E-state index in [1.165, 1.54) is 31.9 Å². The number of aromatic nitrogens is 1. The normalized spacial score (nSPS) is 18.1. The third-order valence-corrected chi connectivity index (χ3v) is 3.04. The molecule has 0 aliphatic heterocycles. The summed E-state index contributed by atoms with van der Waals surface area (Å²) in [4.78, 5) is 15.8. The van der Waals surface area contributed by atoms with E-state index in [0.717, 1.165) is 12.8 Å². The van der Waals surface area contributed by atoms with Crippen molar-refractivity contribution in [2.75, 3.05) is 0 Å². The Kier molecular flexibility index (Phi) is 3.59. The zero-order valence-electron chi connectivity index (χ0n) is 9.66. The highest BCUT2D eigenvalue weighted by Crippen LogP contribution is 2.17. The molecule has 1 fully saturated rings. The standard InChI is InChI=1S/C12H18N2O2/c1-9-13-11(8-16-9)12(15)14-10-6-4-2-3-5-7-10/h8,10H,2-7H2,1H3,(H,14,15). The average Bonchev–Trinajstić information content (AvgIpc) is 2.54. The van der Waals surface area contributed by atoms with E-state index in [0.29, 0.717) is 17.6 Å². The first-order valence-corrected chi connectivity index (χ1v) is 5.99. The molecule has 0 atom stereocenters. The Bertz CT molecular complexity index is 352. The Balaban J connectivity index is 1.90. The summed E-state index contributed by atoms with van der Waals surface area (Å²) < 4.78 is 5.03. The van der Waals surface area contributed by atoms with Crippen molar-refractivity contribution in [3.8, 4) is 0 Å². The van der Waals surface area contributed by atoms with Crippen molar-refractivity contribution in [1.29, 1.82) is 0 Å². The number of oxazole rings is 1. The number of amides is 1. The third-order valence-electron chi connectivity index (χ3n) is 3.04. The van der Waals surface area contributed by atoms with Crippen molar-refractivity contribution >= 4 is 5.91 Å². The molecule has 1 N–H and O–H groups in total. The first kappa shape index (κ1) is 11.2. The van der Waals surface area contributed by atoms with E-state index in [1.807, 2.05) is 0 Å². The SMILES string of the molecule is Cc1nc(C(=O)NC2CCCCCC2)co1. The maximum Gasteiger partial charge on any atom is 0.273 e. The number of carbonyl (C=O) groups excluding carboxylic acids is 1. The van der Waals surface area contributed by atoms with E-state index in [9.17, 15) is 4.79 Å². The van der Waals surface area contributed by atoms with Gasteiger partial charge in [-0.05, 0) is 12.8 Å². The Morgan fingerprint density at radius 3 is 2.62 bits per heavy atom. The van der Waals surface area contributed by atoms with Gasteiger partial charge in [0.1, 0.15) is 6.26 Å². The Hall–Kier alpha value is -1.32. The predicted octanol–water partition coefficient (Wildman–Crippen LogP) is 2.44. The van der Waals surface area contributed by atoms with Gasteiger partial charge >= 0.3 is 0 Å². The number of rotatable bonds is 2. The monoisotopic (exact) mass is 222 g/mol. The van der Waals surface area contributed by atoms with Crippen LogP contribution in [-0.2, 0) is 0 Å². The molecule has 0 saturated heterocycles. The van der Waals surface area contributed by atoms with Crippen LogP contribution >= 0.6 is 0 Å². The second-order valence-electron chi connectivity index (χ2n) is 4.41. The molecule has 1 aliphatic rings. The van der Waals surface area contributed by atoms with Crippen LogP contribution in [0.15, 0.2) is 10.7 Å². The summed E-state index contributed by atoms with van der Waals surface area (Å²) in [6.07, 6.45) is 8.59. The lowest BCUT2D eigenvalue weighted by Gasteiger charge is -2.14. The topological polar surface area (TPSA) is 55.1 Å².